The summed E-state index contributed by atoms with van der Waals surface area (Å²) in [7, 11) is 0. The van der Waals surface area contributed by atoms with Gasteiger partial charge in [-0.1, -0.05) is 100 Å². The summed E-state index contributed by atoms with van der Waals surface area (Å²) < 4.78 is 0. The minimum atomic E-state index is 0.546. The summed E-state index contributed by atoms with van der Waals surface area (Å²) >= 11 is 0. The summed E-state index contributed by atoms with van der Waals surface area (Å²) in [5.41, 5.74) is 9.41. The maximum Gasteiger partial charge on any atom is 0.0630 e. The van der Waals surface area contributed by atoms with Crippen LogP contribution in [0.5, 0.6) is 0 Å². The van der Waals surface area contributed by atoms with Crippen molar-refractivity contribution < 1.29 is 0 Å². The third kappa shape index (κ3) is 7.10. The van der Waals surface area contributed by atoms with Crippen molar-refractivity contribution in [3.8, 4) is 0 Å². The molecular weight excluding hydrogens is 424 g/mol. The monoisotopic (exact) mass is 458 g/mol. The lowest BCUT2D eigenvalue weighted by atomic mass is 10.0. The van der Waals surface area contributed by atoms with Crippen LogP contribution in [0.2, 0.25) is 0 Å². The number of aliphatic imine (C=N–C) groups is 2. The topological polar surface area (TPSA) is 24.7 Å². The Morgan fingerprint density at radius 1 is 0.486 bits per heavy atom. The Morgan fingerprint density at radius 2 is 0.829 bits per heavy atom. The van der Waals surface area contributed by atoms with Gasteiger partial charge in [0.05, 0.1) is 11.4 Å². The van der Waals surface area contributed by atoms with E-state index in [1.54, 1.807) is 0 Å². The van der Waals surface area contributed by atoms with E-state index >= 15 is 0 Å². The molecule has 2 heteroatoms. The van der Waals surface area contributed by atoms with Gasteiger partial charge in [-0.25, -0.2) is 0 Å². The number of hydrogen-bond donors (Lipinski definition) is 0. The summed E-state index contributed by atoms with van der Waals surface area (Å²) in [6.45, 7) is 8.84. The molecule has 0 saturated carbocycles. The van der Waals surface area contributed by atoms with E-state index in [1.165, 1.54) is 22.3 Å². The molecule has 35 heavy (non-hydrogen) atoms. The van der Waals surface area contributed by atoms with Crippen LogP contribution in [-0.2, 0) is 6.42 Å². The van der Waals surface area contributed by atoms with E-state index in [0.29, 0.717) is 11.8 Å². The first-order valence-electron chi connectivity index (χ1n) is 12.4. The van der Waals surface area contributed by atoms with Crippen LogP contribution in [0, 0.1) is 0 Å². The van der Waals surface area contributed by atoms with Gasteiger partial charge in [-0.3, -0.25) is 9.98 Å². The molecule has 0 fully saturated rings. The van der Waals surface area contributed by atoms with Gasteiger partial charge in [-0.05, 0) is 75.9 Å². The van der Waals surface area contributed by atoms with Crippen LogP contribution in [0.4, 0.5) is 11.4 Å². The molecule has 0 N–H and O–H groups in total. The van der Waals surface area contributed by atoms with Crippen LogP contribution in [0.15, 0.2) is 107 Å². The Labute approximate surface area is 210 Å². The highest BCUT2D eigenvalue weighted by atomic mass is 14.7. The average Bonchev–Trinajstić information content (AvgIpc) is 2.88. The minimum absolute atomic E-state index is 0.546. The molecule has 0 unspecified atom stereocenters. The maximum atomic E-state index is 4.63. The molecule has 2 nitrogen and oxygen atoms in total. The van der Waals surface area contributed by atoms with E-state index in [1.807, 2.05) is 12.4 Å². The third-order valence-corrected chi connectivity index (χ3v) is 6.21. The minimum Gasteiger partial charge on any atom is -0.256 e. The van der Waals surface area contributed by atoms with Crippen LogP contribution in [0.1, 0.15) is 72.9 Å². The van der Waals surface area contributed by atoms with Crippen LogP contribution >= 0.6 is 0 Å². The Kier molecular flexibility index (Phi) is 8.05. The molecule has 176 valence electrons. The van der Waals surface area contributed by atoms with Crippen LogP contribution < -0.4 is 0 Å². The van der Waals surface area contributed by atoms with Gasteiger partial charge < -0.3 is 0 Å². The Bertz CT molecular complexity index is 1160. The summed E-state index contributed by atoms with van der Waals surface area (Å²) in [4.78, 5) is 9.26. The van der Waals surface area contributed by atoms with E-state index in [0.717, 1.165) is 28.9 Å². The molecule has 0 bridgehead atoms. The first-order valence-corrected chi connectivity index (χ1v) is 12.4. The van der Waals surface area contributed by atoms with E-state index in [9.17, 15) is 0 Å². The quantitative estimate of drug-likeness (QED) is 0.235. The molecule has 0 heterocycles. The fraction of sp³-hybridized carbons (Fsp3) is 0.212. The predicted molar refractivity (Wildman–Crippen MR) is 151 cm³/mol. The second kappa shape index (κ2) is 11.6. The Morgan fingerprint density at radius 3 is 1.14 bits per heavy atom. The molecule has 0 aliphatic heterocycles. The fourth-order valence-electron chi connectivity index (χ4n) is 3.87. The van der Waals surface area contributed by atoms with Crippen molar-refractivity contribution in [2.45, 2.75) is 46.0 Å². The molecule has 0 atom stereocenters. The van der Waals surface area contributed by atoms with E-state index in [4.69, 9.17) is 0 Å². The molecule has 0 radical (unpaired) electrons. The zero-order valence-electron chi connectivity index (χ0n) is 21.1. The van der Waals surface area contributed by atoms with Gasteiger partial charge in [0.25, 0.3) is 0 Å². The molecule has 0 saturated heterocycles. The van der Waals surface area contributed by atoms with E-state index in [2.05, 4.69) is 135 Å². The first-order chi connectivity index (χ1) is 17.0. The summed E-state index contributed by atoms with van der Waals surface area (Å²) in [6.07, 6.45) is 4.75. The molecule has 4 aromatic rings. The highest BCUT2D eigenvalue weighted by Gasteiger charge is 2.00. The van der Waals surface area contributed by atoms with Gasteiger partial charge in [-0.2, -0.15) is 0 Å². The van der Waals surface area contributed by atoms with Gasteiger partial charge in [0.2, 0.25) is 0 Å². The molecule has 0 aliphatic rings. The molecule has 4 aromatic carbocycles. The largest absolute Gasteiger partial charge is 0.256 e. The predicted octanol–water partition coefficient (Wildman–Crippen LogP) is 9.03. The van der Waals surface area contributed by atoms with Gasteiger partial charge in [-0.15, -0.1) is 0 Å². The standard InChI is InChI=1S/C33H34N2/c1-24(2)30-13-5-28(6-14-30)22-34-32-17-9-26(10-18-32)21-27-11-19-33(20-12-27)35-23-29-7-15-31(16-8-29)25(3)4/h5-20,22-25H,21H2,1-4H3. The van der Waals surface area contributed by atoms with Gasteiger partial charge in [0.15, 0.2) is 0 Å². The van der Waals surface area contributed by atoms with Gasteiger partial charge >= 0.3 is 0 Å². The smallest absolute Gasteiger partial charge is 0.0630 e. The van der Waals surface area contributed by atoms with Crippen LogP contribution in [0.3, 0.4) is 0 Å². The lowest BCUT2D eigenvalue weighted by Crippen LogP contribution is -1.89. The van der Waals surface area contributed by atoms with Crippen molar-refractivity contribution in [2.75, 3.05) is 0 Å². The van der Waals surface area contributed by atoms with Crippen LogP contribution in [0.25, 0.3) is 0 Å². The molecule has 4 rings (SSSR count). The Balaban J connectivity index is 1.33. The summed E-state index contributed by atoms with van der Waals surface area (Å²) in [5, 5.41) is 0. The second-order valence-electron chi connectivity index (χ2n) is 9.67. The fourth-order valence-corrected chi connectivity index (χ4v) is 3.87. The first kappa shape index (κ1) is 24.3. The highest BCUT2D eigenvalue weighted by Crippen LogP contribution is 2.20. The number of benzene rings is 4. The van der Waals surface area contributed by atoms with Crippen LogP contribution in [-0.4, -0.2) is 12.4 Å². The number of nitrogens with zero attached hydrogens (tertiary/aromatic N) is 2. The zero-order chi connectivity index (χ0) is 24.6. The van der Waals surface area contributed by atoms with Crippen molar-refractivity contribution in [2.24, 2.45) is 9.98 Å². The Hall–Kier alpha value is -3.78. The second-order valence-corrected chi connectivity index (χ2v) is 9.67. The number of rotatable bonds is 8. The normalized spacial score (nSPS) is 11.8. The third-order valence-electron chi connectivity index (χ3n) is 6.21. The lowest BCUT2D eigenvalue weighted by Gasteiger charge is -2.05. The highest BCUT2D eigenvalue weighted by molar-refractivity contribution is 5.82. The number of hydrogen-bond acceptors (Lipinski definition) is 2. The average molecular weight is 459 g/mol. The van der Waals surface area contributed by atoms with Gasteiger partial charge in [0, 0.05) is 12.4 Å². The lowest BCUT2D eigenvalue weighted by molar-refractivity contribution is 0.866. The van der Waals surface area contributed by atoms with E-state index in [-0.39, 0.29) is 0 Å². The zero-order valence-corrected chi connectivity index (χ0v) is 21.1. The van der Waals surface area contributed by atoms with Gasteiger partial charge in [0.1, 0.15) is 0 Å². The SMILES string of the molecule is CC(C)c1ccc(C=Nc2ccc(Cc3ccc(N=Cc4ccc(C(C)C)cc4)cc3)cc2)cc1. The van der Waals surface area contributed by atoms with E-state index < -0.39 is 0 Å². The van der Waals surface area contributed by atoms with Crippen molar-refractivity contribution in [3.05, 3.63) is 130 Å². The van der Waals surface area contributed by atoms with Crippen molar-refractivity contribution >= 4 is 23.8 Å². The van der Waals surface area contributed by atoms with Crippen molar-refractivity contribution in [3.63, 3.8) is 0 Å². The molecule has 0 aromatic heterocycles. The van der Waals surface area contributed by atoms with Crippen molar-refractivity contribution in [1.82, 2.24) is 0 Å². The summed E-state index contributed by atoms with van der Waals surface area (Å²) in [6, 6.07) is 34.2. The maximum absolute atomic E-state index is 4.63. The molecule has 0 spiro atoms. The molecular formula is C33H34N2. The summed E-state index contributed by atoms with van der Waals surface area (Å²) in [5.74, 6) is 1.09. The van der Waals surface area contributed by atoms with Crippen molar-refractivity contribution in [1.29, 1.82) is 0 Å². The molecule has 0 amide bonds. The molecule has 0 aliphatic carbocycles.